The molecule has 1 N–H and O–H groups in total. The van der Waals surface area contributed by atoms with E-state index in [2.05, 4.69) is 21.3 Å². The zero-order chi connectivity index (χ0) is 14.6. The third-order valence-corrected chi connectivity index (χ3v) is 2.96. The highest BCUT2D eigenvalue weighted by Crippen LogP contribution is 2.07. The van der Waals surface area contributed by atoms with Crippen LogP contribution in [0.3, 0.4) is 0 Å². The number of aromatic nitrogens is 1. The van der Waals surface area contributed by atoms with Crippen LogP contribution in [-0.2, 0) is 16.0 Å². The van der Waals surface area contributed by atoms with Crippen molar-refractivity contribution >= 4 is 5.82 Å². The first-order valence-corrected chi connectivity index (χ1v) is 7.31. The molecule has 0 saturated heterocycles. The molecular formula is C15H27N3O2. The highest BCUT2D eigenvalue weighted by Gasteiger charge is 2.07. The lowest BCUT2D eigenvalue weighted by atomic mass is 10.3. The Kier molecular flexibility index (Phi) is 8.95. The van der Waals surface area contributed by atoms with Crippen molar-refractivity contribution in [3.8, 4) is 0 Å². The molecule has 0 aromatic carbocycles. The van der Waals surface area contributed by atoms with Crippen molar-refractivity contribution in [2.45, 2.75) is 20.4 Å². The Morgan fingerprint density at radius 3 is 2.30 bits per heavy atom. The number of nitrogens with one attached hydrogen (secondary N) is 1. The molecule has 0 unspecified atom stereocenters. The number of hydrogen-bond donors (Lipinski definition) is 1. The van der Waals surface area contributed by atoms with Crippen molar-refractivity contribution in [2.24, 2.45) is 0 Å². The van der Waals surface area contributed by atoms with E-state index in [9.17, 15) is 0 Å². The van der Waals surface area contributed by atoms with Crippen LogP contribution in [0.2, 0.25) is 0 Å². The fraction of sp³-hybridized carbons (Fsp3) is 0.667. The van der Waals surface area contributed by atoms with Crippen LogP contribution < -0.4 is 5.32 Å². The van der Waals surface area contributed by atoms with Crippen molar-refractivity contribution in [1.29, 1.82) is 0 Å². The summed E-state index contributed by atoms with van der Waals surface area (Å²) in [5.74, 6) is 0.900. The summed E-state index contributed by atoms with van der Waals surface area (Å²) in [6.45, 7) is 9.64. The molecule has 0 bridgehead atoms. The predicted octanol–water partition coefficient (Wildman–Crippen LogP) is 2.00. The normalized spacial score (nSPS) is 11.0. The highest BCUT2D eigenvalue weighted by molar-refractivity contribution is 5.34. The summed E-state index contributed by atoms with van der Waals surface area (Å²) in [6, 6.07) is 6.04. The van der Waals surface area contributed by atoms with E-state index in [1.165, 1.54) is 0 Å². The van der Waals surface area contributed by atoms with Gasteiger partial charge < -0.3 is 14.8 Å². The number of pyridine rings is 1. The summed E-state index contributed by atoms with van der Waals surface area (Å²) < 4.78 is 10.9. The van der Waals surface area contributed by atoms with E-state index >= 15 is 0 Å². The van der Waals surface area contributed by atoms with Crippen molar-refractivity contribution < 1.29 is 9.47 Å². The molecule has 1 heterocycles. The monoisotopic (exact) mass is 281 g/mol. The van der Waals surface area contributed by atoms with Crippen LogP contribution >= 0.6 is 0 Å². The average Bonchev–Trinajstić information content (AvgIpc) is 2.47. The zero-order valence-corrected chi connectivity index (χ0v) is 12.9. The minimum atomic E-state index is 0.744. The van der Waals surface area contributed by atoms with E-state index in [0.29, 0.717) is 0 Å². The Morgan fingerprint density at radius 2 is 1.75 bits per heavy atom. The first-order valence-electron chi connectivity index (χ1n) is 7.31. The van der Waals surface area contributed by atoms with Gasteiger partial charge in [-0.25, -0.2) is 4.98 Å². The van der Waals surface area contributed by atoms with Crippen molar-refractivity contribution in [2.75, 3.05) is 51.9 Å². The lowest BCUT2D eigenvalue weighted by molar-refractivity contribution is 0.0793. The second-order valence-corrected chi connectivity index (χ2v) is 4.43. The molecule has 5 nitrogen and oxygen atoms in total. The minimum Gasteiger partial charge on any atom is -0.380 e. The minimum absolute atomic E-state index is 0.744. The average molecular weight is 281 g/mol. The van der Waals surface area contributed by atoms with E-state index in [4.69, 9.17) is 9.47 Å². The summed E-state index contributed by atoms with van der Waals surface area (Å²) in [5.41, 5.74) is 1.06. The van der Waals surface area contributed by atoms with E-state index in [-0.39, 0.29) is 0 Å². The molecule has 0 spiro atoms. The molecule has 1 rings (SSSR count). The molecule has 0 aliphatic rings. The Morgan fingerprint density at radius 1 is 1.10 bits per heavy atom. The summed E-state index contributed by atoms with van der Waals surface area (Å²) in [7, 11) is 1.88. The van der Waals surface area contributed by atoms with Crippen LogP contribution in [0.5, 0.6) is 0 Å². The Labute approximate surface area is 122 Å². The fourth-order valence-electron chi connectivity index (χ4n) is 1.88. The van der Waals surface area contributed by atoms with E-state index in [0.717, 1.165) is 57.6 Å². The smallest absolute Gasteiger partial charge is 0.126 e. The van der Waals surface area contributed by atoms with Crippen LogP contribution in [0.1, 0.15) is 19.5 Å². The van der Waals surface area contributed by atoms with Gasteiger partial charge in [0.15, 0.2) is 0 Å². The van der Waals surface area contributed by atoms with Gasteiger partial charge in [0.25, 0.3) is 0 Å². The molecule has 1 aromatic heterocycles. The Hall–Kier alpha value is -1.17. The van der Waals surface area contributed by atoms with Gasteiger partial charge >= 0.3 is 0 Å². The van der Waals surface area contributed by atoms with Gasteiger partial charge in [-0.3, -0.25) is 4.90 Å². The van der Waals surface area contributed by atoms with Gasteiger partial charge in [0, 0.05) is 39.9 Å². The first-order chi connectivity index (χ1) is 9.80. The molecular weight excluding hydrogens is 254 g/mol. The first kappa shape index (κ1) is 16.9. The number of rotatable bonds is 11. The molecule has 0 radical (unpaired) electrons. The van der Waals surface area contributed by atoms with Crippen LogP contribution in [-0.4, -0.2) is 56.4 Å². The topological polar surface area (TPSA) is 46.6 Å². The van der Waals surface area contributed by atoms with Gasteiger partial charge in [0.2, 0.25) is 0 Å². The third-order valence-electron chi connectivity index (χ3n) is 2.96. The van der Waals surface area contributed by atoms with Crippen LogP contribution in [0.4, 0.5) is 5.82 Å². The maximum Gasteiger partial charge on any atom is 0.126 e. The molecule has 0 saturated carbocycles. The SMILES string of the molecule is CCOCCN(CCOCC)Cc1cccc(NC)n1. The lowest BCUT2D eigenvalue weighted by Crippen LogP contribution is -2.31. The molecule has 0 amide bonds. The molecule has 20 heavy (non-hydrogen) atoms. The van der Waals surface area contributed by atoms with Gasteiger partial charge in [-0.1, -0.05) is 6.07 Å². The van der Waals surface area contributed by atoms with E-state index < -0.39 is 0 Å². The summed E-state index contributed by atoms with van der Waals surface area (Å²) in [6.07, 6.45) is 0. The predicted molar refractivity (Wildman–Crippen MR) is 82.0 cm³/mol. The largest absolute Gasteiger partial charge is 0.380 e. The summed E-state index contributed by atoms with van der Waals surface area (Å²) >= 11 is 0. The lowest BCUT2D eigenvalue weighted by Gasteiger charge is -2.21. The molecule has 0 atom stereocenters. The van der Waals surface area contributed by atoms with Crippen LogP contribution in [0, 0.1) is 0 Å². The van der Waals surface area contributed by atoms with E-state index in [1.807, 2.05) is 33.0 Å². The standard InChI is InChI=1S/C15H27N3O2/c1-4-19-11-9-18(10-12-20-5-2)13-14-7-6-8-15(16-3)17-14/h6-8H,4-5,9-13H2,1-3H3,(H,16,17). The maximum atomic E-state index is 5.44. The maximum absolute atomic E-state index is 5.44. The third kappa shape index (κ3) is 6.84. The molecule has 5 heteroatoms. The summed E-state index contributed by atoms with van der Waals surface area (Å²) in [5, 5.41) is 3.07. The van der Waals surface area contributed by atoms with Gasteiger partial charge in [-0.15, -0.1) is 0 Å². The quantitative estimate of drug-likeness (QED) is 0.629. The number of nitrogens with zero attached hydrogens (tertiary/aromatic N) is 2. The van der Waals surface area contributed by atoms with Gasteiger partial charge in [-0.05, 0) is 26.0 Å². The summed E-state index contributed by atoms with van der Waals surface area (Å²) in [4.78, 5) is 6.87. The number of ether oxygens (including phenoxy) is 2. The molecule has 1 aromatic rings. The van der Waals surface area contributed by atoms with Gasteiger partial charge in [0.1, 0.15) is 5.82 Å². The second kappa shape index (κ2) is 10.6. The Bertz CT molecular complexity index is 351. The molecule has 0 fully saturated rings. The second-order valence-electron chi connectivity index (χ2n) is 4.43. The molecule has 114 valence electrons. The highest BCUT2D eigenvalue weighted by atomic mass is 16.5. The van der Waals surface area contributed by atoms with E-state index in [1.54, 1.807) is 0 Å². The van der Waals surface area contributed by atoms with Gasteiger partial charge in [-0.2, -0.15) is 0 Å². The zero-order valence-electron chi connectivity index (χ0n) is 12.9. The number of hydrogen-bond acceptors (Lipinski definition) is 5. The van der Waals surface area contributed by atoms with Crippen LogP contribution in [0.25, 0.3) is 0 Å². The Balaban J connectivity index is 2.51. The molecule has 0 aliphatic carbocycles. The van der Waals surface area contributed by atoms with Crippen molar-refractivity contribution in [3.63, 3.8) is 0 Å². The number of anilines is 1. The van der Waals surface area contributed by atoms with Crippen molar-refractivity contribution in [1.82, 2.24) is 9.88 Å². The van der Waals surface area contributed by atoms with Crippen molar-refractivity contribution in [3.05, 3.63) is 23.9 Å². The molecule has 0 aliphatic heterocycles. The van der Waals surface area contributed by atoms with Gasteiger partial charge in [0.05, 0.1) is 18.9 Å². The van der Waals surface area contributed by atoms with Crippen LogP contribution in [0.15, 0.2) is 18.2 Å². The fourth-order valence-corrected chi connectivity index (χ4v) is 1.88.